The molecular formula is C19H36O2. The number of ether oxygens (including phenoxy) is 1. The van der Waals surface area contributed by atoms with E-state index >= 15 is 0 Å². The summed E-state index contributed by atoms with van der Waals surface area (Å²) in [5, 5.41) is 0. The molecule has 1 atom stereocenters. The first kappa shape index (κ1) is 18.5. The molecule has 1 fully saturated rings. The van der Waals surface area contributed by atoms with Crippen molar-refractivity contribution in [2.24, 2.45) is 16.7 Å². The summed E-state index contributed by atoms with van der Waals surface area (Å²) in [7, 11) is 0. The predicted molar refractivity (Wildman–Crippen MR) is 89.2 cm³/mol. The highest BCUT2D eigenvalue weighted by molar-refractivity contribution is 5.77. The summed E-state index contributed by atoms with van der Waals surface area (Å²) in [5.74, 6) is 0.317. The fourth-order valence-electron chi connectivity index (χ4n) is 3.65. The molecule has 0 bridgehead atoms. The molecule has 0 aromatic carbocycles. The Kier molecular flexibility index (Phi) is 5.91. The monoisotopic (exact) mass is 296 g/mol. The Hall–Kier alpha value is -0.530. The highest BCUT2D eigenvalue weighted by Gasteiger charge is 2.45. The van der Waals surface area contributed by atoms with Crippen LogP contribution in [0.25, 0.3) is 0 Å². The molecule has 0 spiro atoms. The lowest BCUT2D eigenvalue weighted by Gasteiger charge is -2.42. The molecule has 124 valence electrons. The summed E-state index contributed by atoms with van der Waals surface area (Å²) in [6.07, 6.45) is 7.57. The number of carbonyl (C=O) groups is 1. The van der Waals surface area contributed by atoms with Crippen LogP contribution in [0.1, 0.15) is 93.4 Å². The predicted octanol–water partition coefficient (Wildman–Crippen LogP) is 5.74. The van der Waals surface area contributed by atoms with E-state index in [1.54, 1.807) is 0 Å². The van der Waals surface area contributed by atoms with Gasteiger partial charge in [0.2, 0.25) is 0 Å². The summed E-state index contributed by atoms with van der Waals surface area (Å²) in [4.78, 5) is 13.0. The van der Waals surface area contributed by atoms with Crippen molar-refractivity contribution in [1.29, 1.82) is 0 Å². The fraction of sp³-hybridized carbons (Fsp3) is 0.947. The van der Waals surface area contributed by atoms with Gasteiger partial charge in [-0.25, -0.2) is 0 Å². The van der Waals surface area contributed by atoms with Crippen molar-refractivity contribution >= 4 is 5.97 Å². The molecule has 0 amide bonds. The Bertz CT molecular complexity index is 345. The summed E-state index contributed by atoms with van der Waals surface area (Å²) in [6, 6.07) is 0. The quantitative estimate of drug-likeness (QED) is 0.605. The van der Waals surface area contributed by atoms with Crippen molar-refractivity contribution in [3.05, 3.63) is 0 Å². The summed E-state index contributed by atoms with van der Waals surface area (Å²) in [6.45, 7) is 15.2. The van der Waals surface area contributed by atoms with Crippen molar-refractivity contribution in [3.8, 4) is 0 Å². The largest absolute Gasteiger partial charge is 0.459 e. The van der Waals surface area contributed by atoms with Gasteiger partial charge < -0.3 is 4.74 Å². The SMILES string of the molecule is CCC1(OC(=O)C(C)(CC(C)(C)C)C(C)C)CCCCC1. The topological polar surface area (TPSA) is 26.3 Å². The van der Waals surface area contributed by atoms with E-state index < -0.39 is 5.41 Å². The third-order valence-electron chi connectivity index (χ3n) is 5.36. The average molecular weight is 296 g/mol. The van der Waals surface area contributed by atoms with Gasteiger partial charge in [-0.05, 0) is 56.8 Å². The maximum absolute atomic E-state index is 13.0. The number of hydrogen-bond acceptors (Lipinski definition) is 2. The van der Waals surface area contributed by atoms with Crippen molar-refractivity contribution in [1.82, 2.24) is 0 Å². The molecule has 21 heavy (non-hydrogen) atoms. The van der Waals surface area contributed by atoms with E-state index in [4.69, 9.17) is 4.74 Å². The normalized spacial score (nSPS) is 21.9. The van der Waals surface area contributed by atoms with Crippen LogP contribution in [-0.2, 0) is 9.53 Å². The first-order valence-corrected chi connectivity index (χ1v) is 8.78. The van der Waals surface area contributed by atoms with Gasteiger partial charge in [-0.15, -0.1) is 0 Å². The van der Waals surface area contributed by atoms with Crippen molar-refractivity contribution in [2.75, 3.05) is 0 Å². The molecule has 1 aliphatic carbocycles. The molecular weight excluding hydrogens is 260 g/mol. The third-order valence-corrected chi connectivity index (χ3v) is 5.36. The zero-order valence-electron chi connectivity index (χ0n) is 15.3. The van der Waals surface area contributed by atoms with Crippen molar-refractivity contribution in [3.63, 3.8) is 0 Å². The second-order valence-corrected chi connectivity index (χ2v) is 8.80. The van der Waals surface area contributed by atoms with Gasteiger partial charge in [-0.3, -0.25) is 4.79 Å². The van der Waals surface area contributed by atoms with E-state index in [1.165, 1.54) is 19.3 Å². The average Bonchev–Trinajstić information content (AvgIpc) is 2.37. The Morgan fingerprint density at radius 2 is 1.62 bits per heavy atom. The molecule has 2 nitrogen and oxygen atoms in total. The van der Waals surface area contributed by atoms with Crippen LogP contribution in [0.3, 0.4) is 0 Å². The Balaban J connectivity index is 2.90. The van der Waals surface area contributed by atoms with Crippen LogP contribution >= 0.6 is 0 Å². The van der Waals surface area contributed by atoms with Crippen LogP contribution in [0.2, 0.25) is 0 Å². The molecule has 0 saturated heterocycles. The first-order chi connectivity index (χ1) is 9.55. The molecule has 0 aromatic heterocycles. The lowest BCUT2D eigenvalue weighted by atomic mass is 9.68. The molecule has 0 aromatic rings. The van der Waals surface area contributed by atoms with Crippen LogP contribution in [-0.4, -0.2) is 11.6 Å². The van der Waals surface area contributed by atoms with Gasteiger partial charge in [0.25, 0.3) is 0 Å². The molecule has 0 heterocycles. The standard InChI is InChI=1S/C19H36O2/c1-8-19(12-10-9-11-13-19)21-16(20)18(7,15(2)3)14-17(4,5)6/h15H,8-14H2,1-7H3. The maximum atomic E-state index is 13.0. The van der Waals surface area contributed by atoms with Gasteiger partial charge in [-0.2, -0.15) is 0 Å². The zero-order valence-corrected chi connectivity index (χ0v) is 15.3. The number of rotatable bonds is 5. The number of hydrogen-bond donors (Lipinski definition) is 0. The second-order valence-electron chi connectivity index (χ2n) is 8.80. The molecule has 1 unspecified atom stereocenters. The van der Waals surface area contributed by atoms with Gasteiger partial charge in [-0.1, -0.05) is 48.0 Å². The molecule has 0 radical (unpaired) electrons. The highest BCUT2D eigenvalue weighted by atomic mass is 16.6. The highest BCUT2D eigenvalue weighted by Crippen LogP contribution is 2.43. The van der Waals surface area contributed by atoms with E-state index in [0.717, 1.165) is 25.7 Å². The lowest BCUT2D eigenvalue weighted by Crippen LogP contribution is -2.45. The van der Waals surface area contributed by atoms with Gasteiger partial charge in [0.1, 0.15) is 5.60 Å². The van der Waals surface area contributed by atoms with E-state index in [9.17, 15) is 4.79 Å². The van der Waals surface area contributed by atoms with E-state index in [2.05, 4.69) is 48.5 Å². The van der Waals surface area contributed by atoms with Crippen LogP contribution in [0.4, 0.5) is 0 Å². The summed E-state index contributed by atoms with van der Waals surface area (Å²) in [5.41, 5.74) is -0.453. The second kappa shape index (κ2) is 6.71. The Morgan fingerprint density at radius 1 is 1.10 bits per heavy atom. The summed E-state index contributed by atoms with van der Waals surface area (Å²) < 4.78 is 6.16. The minimum Gasteiger partial charge on any atom is -0.459 e. The lowest BCUT2D eigenvalue weighted by molar-refractivity contribution is -0.180. The van der Waals surface area contributed by atoms with E-state index in [-0.39, 0.29) is 17.0 Å². The Morgan fingerprint density at radius 3 is 2.00 bits per heavy atom. The van der Waals surface area contributed by atoms with Crippen LogP contribution in [0.5, 0.6) is 0 Å². The van der Waals surface area contributed by atoms with Gasteiger partial charge >= 0.3 is 5.97 Å². The van der Waals surface area contributed by atoms with E-state index in [1.807, 2.05) is 0 Å². The Labute approximate surface area is 132 Å². The first-order valence-electron chi connectivity index (χ1n) is 8.78. The van der Waals surface area contributed by atoms with Crippen LogP contribution < -0.4 is 0 Å². The van der Waals surface area contributed by atoms with Gasteiger partial charge in [0.15, 0.2) is 0 Å². The zero-order chi connectivity index (χ0) is 16.3. The maximum Gasteiger partial charge on any atom is 0.312 e. The van der Waals surface area contributed by atoms with Crippen molar-refractivity contribution in [2.45, 2.75) is 99.0 Å². The fourth-order valence-corrected chi connectivity index (χ4v) is 3.65. The molecule has 1 rings (SSSR count). The van der Waals surface area contributed by atoms with Gasteiger partial charge in [0, 0.05) is 0 Å². The van der Waals surface area contributed by atoms with Crippen LogP contribution in [0, 0.1) is 16.7 Å². The minimum atomic E-state index is -0.391. The molecule has 1 saturated carbocycles. The van der Waals surface area contributed by atoms with Gasteiger partial charge in [0.05, 0.1) is 5.41 Å². The molecule has 0 N–H and O–H groups in total. The molecule has 1 aliphatic rings. The number of esters is 1. The minimum absolute atomic E-state index is 0.0242. The van der Waals surface area contributed by atoms with Crippen LogP contribution in [0.15, 0.2) is 0 Å². The smallest absolute Gasteiger partial charge is 0.312 e. The summed E-state index contributed by atoms with van der Waals surface area (Å²) >= 11 is 0. The van der Waals surface area contributed by atoms with E-state index in [0.29, 0.717) is 5.92 Å². The number of carbonyl (C=O) groups excluding carboxylic acids is 1. The molecule has 2 heteroatoms. The third kappa shape index (κ3) is 4.72. The van der Waals surface area contributed by atoms with Crippen molar-refractivity contribution < 1.29 is 9.53 Å². The molecule has 0 aliphatic heterocycles.